The molecule has 1 aliphatic heterocycles. The number of carboxylic acids is 1. The molecule has 2 amide bonds. The Morgan fingerprint density at radius 2 is 2.15 bits per heavy atom. The van der Waals surface area contributed by atoms with Crippen LogP contribution in [0.25, 0.3) is 0 Å². The molecule has 0 aromatic heterocycles. The lowest BCUT2D eigenvalue weighted by Gasteiger charge is -2.30. The molecule has 1 aromatic rings. The molecule has 108 valence electrons. The highest BCUT2D eigenvalue weighted by Crippen LogP contribution is 2.24. The topological polar surface area (TPSA) is 89.9 Å². The van der Waals surface area contributed by atoms with Crippen molar-refractivity contribution in [2.24, 2.45) is 0 Å². The summed E-state index contributed by atoms with van der Waals surface area (Å²) in [6.45, 7) is 0.865. The largest absolute Gasteiger partial charge is 0.478 e. The average molecular weight is 299 g/mol. The number of aromatic carboxylic acids is 1. The molecule has 0 bridgehead atoms. The van der Waals surface area contributed by atoms with Crippen LogP contribution in [0.2, 0.25) is 5.02 Å². The standard InChI is InChI=1S/C13H15ClN2O4/c14-10-6-8(12(18)19)3-4-11(10)15-13(20)16-5-1-2-9(17)7-16/h3-4,6,9,17H,1-2,5,7H2,(H,15,20)(H,18,19). The van der Waals surface area contributed by atoms with Gasteiger partial charge in [-0.3, -0.25) is 0 Å². The van der Waals surface area contributed by atoms with E-state index in [1.165, 1.54) is 23.1 Å². The third kappa shape index (κ3) is 3.40. The van der Waals surface area contributed by atoms with Crippen LogP contribution >= 0.6 is 11.6 Å². The van der Waals surface area contributed by atoms with Crippen LogP contribution in [0, 0.1) is 0 Å². The first kappa shape index (κ1) is 14.6. The summed E-state index contributed by atoms with van der Waals surface area (Å²) >= 11 is 5.94. The molecule has 3 N–H and O–H groups in total. The predicted octanol–water partition coefficient (Wildman–Crippen LogP) is 2.03. The molecule has 1 fully saturated rings. The van der Waals surface area contributed by atoms with Crippen LogP contribution in [-0.4, -0.2) is 46.3 Å². The third-order valence-corrected chi connectivity index (χ3v) is 3.45. The van der Waals surface area contributed by atoms with Gasteiger partial charge in [-0.05, 0) is 31.0 Å². The Balaban J connectivity index is 2.06. The van der Waals surface area contributed by atoms with Gasteiger partial charge in [0.1, 0.15) is 0 Å². The molecule has 1 heterocycles. The van der Waals surface area contributed by atoms with E-state index in [4.69, 9.17) is 16.7 Å². The molecule has 1 atom stereocenters. The minimum Gasteiger partial charge on any atom is -0.478 e. The smallest absolute Gasteiger partial charge is 0.335 e. The highest BCUT2D eigenvalue weighted by molar-refractivity contribution is 6.34. The van der Waals surface area contributed by atoms with Crippen LogP contribution in [0.3, 0.4) is 0 Å². The molecule has 1 unspecified atom stereocenters. The fourth-order valence-corrected chi connectivity index (χ4v) is 2.31. The van der Waals surface area contributed by atoms with Gasteiger partial charge in [-0.25, -0.2) is 9.59 Å². The van der Waals surface area contributed by atoms with Crippen LogP contribution in [0.5, 0.6) is 0 Å². The maximum absolute atomic E-state index is 12.0. The summed E-state index contributed by atoms with van der Waals surface area (Å²) in [5.41, 5.74) is 0.406. The number of benzene rings is 1. The van der Waals surface area contributed by atoms with Crippen molar-refractivity contribution in [3.63, 3.8) is 0 Å². The molecule has 0 saturated carbocycles. The van der Waals surface area contributed by atoms with E-state index in [2.05, 4.69) is 5.32 Å². The fraction of sp³-hybridized carbons (Fsp3) is 0.385. The first-order valence-electron chi connectivity index (χ1n) is 6.24. The number of carbonyl (C=O) groups is 2. The number of nitrogens with one attached hydrogen (secondary N) is 1. The normalized spacial score (nSPS) is 18.7. The molecule has 1 saturated heterocycles. The van der Waals surface area contributed by atoms with Gasteiger partial charge in [0.2, 0.25) is 0 Å². The summed E-state index contributed by atoms with van der Waals surface area (Å²) < 4.78 is 0. The fourth-order valence-electron chi connectivity index (χ4n) is 2.08. The Kier molecular flexibility index (Phi) is 4.46. The summed E-state index contributed by atoms with van der Waals surface area (Å²) in [5, 5.41) is 21.1. The van der Waals surface area contributed by atoms with Crippen molar-refractivity contribution in [2.75, 3.05) is 18.4 Å². The summed E-state index contributed by atoms with van der Waals surface area (Å²) in [4.78, 5) is 24.3. The summed E-state index contributed by atoms with van der Waals surface area (Å²) in [5.74, 6) is -1.08. The zero-order valence-electron chi connectivity index (χ0n) is 10.7. The maximum Gasteiger partial charge on any atom is 0.335 e. The van der Waals surface area contributed by atoms with Crippen LogP contribution in [0.4, 0.5) is 10.5 Å². The quantitative estimate of drug-likeness (QED) is 0.779. The number of halogens is 1. The van der Waals surface area contributed by atoms with Crippen molar-refractivity contribution in [1.82, 2.24) is 4.90 Å². The van der Waals surface area contributed by atoms with Gasteiger partial charge < -0.3 is 20.4 Å². The zero-order valence-corrected chi connectivity index (χ0v) is 11.4. The number of piperidine rings is 1. The summed E-state index contributed by atoms with van der Waals surface area (Å²) in [6, 6.07) is 3.75. The highest BCUT2D eigenvalue weighted by Gasteiger charge is 2.22. The number of hydrogen-bond acceptors (Lipinski definition) is 3. The number of nitrogens with zero attached hydrogens (tertiary/aromatic N) is 1. The number of aliphatic hydroxyl groups is 1. The number of carbonyl (C=O) groups excluding carboxylic acids is 1. The molecular weight excluding hydrogens is 284 g/mol. The monoisotopic (exact) mass is 298 g/mol. The van der Waals surface area contributed by atoms with E-state index in [1.54, 1.807) is 0 Å². The van der Waals surface area contributed by atoms with E-state index in [1.807, 2.05) is 0 Å². The highest BCUT2D eigenvalue weighted by atomic mass is 35.5. The van der Waals surface area contributed by atoms with E-state index in [-0.39, 0.29) is 23.2 Å². The van der Waals surface area contributed by atoms with Crippen LogP contribution in [-0.2, 0) is 0 Å². The van der Waals surface area contributed by atoms with Gasteiger partial charge in [-0.15, -0.1) is 0 Å². The van der Waals surface area contributed by atoms with Crippen molar-refractivity contribution in [2.45, 2.75) is 18.9 Å². The Hall–Kier alpha value is -1.79. The lowest BCUT2D eigenvalue weighted by molar-refractivity contribution is 0.0697. The summed E-state index contributed by atoms with van der Waals surface area (Å²) in [7, 11) is 0. The molecular formula is C13H15ClN2O4. The molecule has 7 heteroatoms. The van der Waals surface area contributed by atoms with Crippen LogP contribution in [0.1, 0.15) is 23.2 Å². The van der Waals surface area contributed by atoms with E-state index in [9.17, 15) is 14.7 Å². The second kappa shape index (κ2) is 6.11. The number of aliphatic hydroxyl groups excluding tert-OH is 1. The lowest BCUT2D eigenvalue weighted by Crippen LogP contribution is -2.44. The van der Waals surface area contributed by atoms with Gasteiger partial charge in [0.25, 0.3) is 0 Å². The van der Waals surface area contributed by atoms with Gasteiger partial charge in [-0.2, -0.15) is 0 Å². The van der Waals surface area contributed by atoms with Gasteiger partial charge in [-0.1, -0.05) is 11.6 Å². The Morgan fingerprint density at radius 3 is 2.75 bits per heavy atom. The van der Waals surface area contributed by atoms with Crippen LogP contribution in [0.15, 0.2) is 18.2 Å². The number of hydrogen-bond donors (Lipinski definition) is 3. The maximum atomic E-state index is 12.0. The van der Waals surface area contributed by atoms with Crippen molar-refractivity contribution in [3.05, 3.63) is 28.8 Å². The number of anilines is 1. The third-order valence-electron chi connectivity index (χ3n) is 3.14. The molecule has 0 radical (unpaired) electrons. The number of likely N-dealkylation sites (tertiary alicyclic amines) is 1. The number of β-amino-alcohol motifs (C(OH)–C–C–N with tert-alkyl or cyclic N) is 1. The van der Waals surface area contributed by atoms with Gasteiger partial charge in [0.15, 0.2) is 0 Å². The first-order valence-corrected chi connectivity index (χ1v) is 6.62. The van der Waals surface area contributed by atoms with Gasteiger partial charge in [0.05, 0.1) is 22.4 Å². The molecule has 2 rings (SSSR count). The van der Waals surface area contributed by atoms with Crippen molar-refractivity contribution < 1.29 is 19.8 Å². The van der Waals surface area contributed by atoms with Gasteiger partial charge in [0, 0.05) is 13.1 Å². The number of urea groups is 1. The van der Waals surface area contributed by atoms with Crippen molar-refractivity contribution in [1.29, 1.82) is 0 Å². The first-order chi connectivity index (χ1) is 9.47. The molecule has 1 aromatic carbocycles. The minimum absolute atomic E-state index is 0.0568. The van der Waals surface area contributed by atoms with E-state index in [0.29, 0.717) is 18.7 Å². The SMILES string of the molecule is O=C(O)c1ccc(NC(=O)N2CCCC(O)C2)c(Cl)c1. The average Bonchev–Trinajstić information content (AvgIpc) is 2.40. The summed E-state index contributed by atoms with van der Waals surface area (Å²) in [6.07, 6.45) is 0.942. The molecule has 6 nitrogen and oxygen atoms in total. The number of carboxylic acid groups (broad SMARTS) is 1. The molecule has 1 aliphatic rings. The van der Waals surface area contributed by atoms with Gasteiger partial charge >= 0.3 is 12.0 Å². The second-order valence-electron chi connectivity index (χ2n) is 4.67. The predicted molar refractivity (Wildman–Crippen MR) is 74.2 cm³/mol. The molecule has 0 aliphatic carbocycles. The van der Waals surface area contributed by atoms with Crippen molar-refractivity contribution >= 4 is 29.3 Å². The molecule has 0 spiro atoms. The van der Waals surface area contributed by atoms with E-state index >= 15 is 0 Å². The Bertz CT molecular complexity index is 535. The number of amides is 2. The number of rotatable bonds is 2. The lowest BCUT2D eigenvalue weighted by atomic mass is 10.1. The van der Waals surface area contributed by atoms with Crippen molar-refractivity contribution in [3.8, 4) is 0 Å². The van der Waals surface area contributed by atoms with E-state index < -0.39 is 12.1 Å². The van der Waals surface area contributed by atoms with E-state index in [0.717, 1.165) is 6.42 Å². The molecule has 20 heavy (non-hydrogen) atoms. The minimum atomic E-state index is -1.08. The Morgan fingerprint density at radius 1 is 1.40 bits per heavy atom. The Labute approximate surface area is 121 Å². The second-order valence-corrected chi connectivity index (χ2v) is 5.08. The van der Waals surface area contributed by atoms with Crippen LogP contribution < -0.4 is 5.32 Å². The zero-order chi connectivity index (χ0) is 14.7.